The van der Waals surface area contributed by atoms with Gasteiger partial charge in [-0.25, -0.2) is 0 Å². The maximum atomic E-state index is 12.0. The van der Waals surface area contributed by atoms with Crippen LogP contribution >= 0.6 is 0 Å². The third-order valence-electron chi connectivity index (χ3n) is 3.67. The number of carbonyl (C=O) groups is 1. The van der Waals surface area contributed by atoms with Crippen LogP contribution in [0.3, 0.4) is 0 Å². The molecule has 0 radical (unpaired) electrons. The molecular formula is C13H20N3O2+. The van der Waals surface area contributed by atoms with Crippen LogP contribution in [0.2, 0.25) is 0 Å². The van der Waals surface area contributed by atoms with E-state index in [1.807, 2.05) is 13.8 Å². The molecule has 0 aromatic heterocycles. The predicted octanol–water partition coefficient (Wildman–Crippen LogP) is 2.30. The van der Waals surface area contributed by atoms with Crippen LogP contribution in [0.25, 0.3) is 4.98 Å². The van der Waals surface area contributed by atoms with Gasteiger partial charge in [0.2, 0.25) is 5.39 Å². The van der Waals surface area contributed by atoms with Gasteiger partial charge in [0.15, 0.2) is 0 Å². The molecule has 1 heterocycles. The Balaban J connectivity index is 2.16. The second-order valence-corrected chi connectivity index (χ2v) is 5.42. The summed E-state index contributed by atoms with van der Waals surface area (Å²) in [5.41, 5.74) is 0.794. The molecule has 2 fully saturated rings. The fraction of sp³-hybridized carbons (Fsp3) is 0.769. The minimum Gasteiger partial charge on any atom is -0.354 e. The van der Waals surface area contributed by atoms with Crippen LogP contribution in [0.1, 0.15) is 39.5 Å². The summed E-state index contributed by atoms with van der Waals surface area (Å²) >= 11 is 0. The largest absolute Gasteiger partial charge is 0.382 e. The molecule has 0 unspecified atom stereocenters. The Morgan fingerprint density at radius 1 is 1.56 bits per heavy atom. The molecule has 0 bridgehead atoms. The van der Waals surface area contributed by atoms with E-state index in [0.29, 0.717) is 6.61 Å². The third kappa shape index (κ3) is 2.54. The molecule has 98 valence electrons. The standard InChI is InChI=1S/C13H20N3O2/c1-13(2)16(12(17)8-15-14)11(9-18-13)7-10-5-3-4-6-10/h7,11H,3-6,8-9H2,1-2H3/q+1/t11-/m0/s1. The van der Waals surface area contributed by atoms with Crippen molar-refractivity contribution in [3.05, 3.63) is 16.6 Å². The minimum absolute atomic E-state index is 0.0256. The molecule has 5 heteroatoms. The number of hydrogen-bond donors (Lipinski definition) is 0. The van der Waals surface area contributed by atoms with Crippen LogP contribution in [0.15, 0.2) is 11.6 Å². The van der Waals surface area contributed by atoms with E-state index in [9.17, 15) is 4.79 Å². The molecule has 0 aromatic carbocycles. The van der Waals surface area contributed by atoms with Gasteiger partial charge in [0.25, 0.3) is 0 Å². The maximum Gasteiger partial charge on any atom is 0.382 e. The number of nitrogens with zero attached hydrogens (tertiary/aromatic N) is 3. The van der Waals surface area contributed by atoms with E-state index < -0.39 is 5.72 Å². The molecule has 18 heavy (non-hydrogen) atoms. The van der Waals surface area contributed by atoms with Crippen molar-refractivity contribution in [2.45, 2.75) is 51.3 Å². The van der Waals surface area contributed by atoms with E-state index in [1.54, 1.807) is 4.90 Å². The summed E-state index contributed by atoms with van der Waals surface area (Å²) < 4.78 is 5.68. The van der Waals surface area contributed by atoms with Crippen molar-refractivity contribution in [3.8, 4) is 0 Å². The van der Waals surface area contributed by atoms with Gasteiger partial charge in [0, 0.05) is 0 Å². The number of carbonyl (C=O) groups excluding carboxylic acids is 1. The monoisotopic (exact) mass is 250 g/mol. The summed E-state index contributed by atoms with van der Waals surface area (Å²) in [6.07, 6.45) is 6.90. The van der Waals surface area contributed by atoms with Crippen LogP contribution in [-0.4, -0.2) is 35.7 Å². The molecule has 1 saturated heterocycles. The highest BCUT2D eigenvalue weighted by molar-refractivity contribution is 5.81. The maximum absolute atomic E-state index is 12.0. The van der Waals surface area contributed by atoms with Gasteiger partial charge >= 0.3 is 12.5 Å². The highest BCUT2D eigenvalue weighted by Gasteiger charge is 2.44. The lowest BCUT2D eigenvalue weighted by Gasteiger charge is -2.31. The highest BCUT2D eigenvalue weighted by atomic mass is 16.5. The van der Waals surface area contributed by atoms with E-state index >= 15 is 0 Å². The number of ether oxygens (including phenoxy) is 1. The molecule has 0 spiro atoms. The molecule has 5 nitrogen and oxygen atoms in total. The molecular weight excluding hydrogens is 230 g/mol. The topological polar surface area (TPSA) is 57.7 Å². The summed E-state index contributed by atoms with van der Waals surface area (Å²) in [4.78, 5) is 16.6. The molecule has 1 amide bonds. The average Bonchev–Trinajstić information content (AvgIpc) is 2.88. The summed E-state index contributed by atoms with van der Waals surface area (Å²) in [7, 11) is 0. The van der Waals surface area contributed by atoms with Crippen molar-refractivity contribution in [3.63, 3.8) is 0 Å². The van der Waals surface area contributed by atoms with Gasteiger partial charge in [0.05, 0.1) is 12.6 Å². The number of amides is 1. The first-order valence-corrected chi connectivity index (χ1v) is 6.51. The normalized spacial score (nSPS) is 26.2. The molecule has 0 aromatic rings. The molecule has 1 atom stereocenters. The number of hydrogen-bond acceptors (Lipinski definition) is 3. The van der Waals surface area contributed by atoms with E-state index in [2.05, 4.69) is 11.1 Å². The Kier molecular flexibility index (Phi) is 3.67. The summed E-state index contributed by atoms with van der Waals surface area (Å²) in [5, 5.41) is 8.56. The molecule has 1 saturated carbocycles. The van der Waals surface area contributed by atoms with Gasteiger partial charge in [-0.3, -0.25) is 9.69 Å². The lowest BCUT2D eigenvalue weighted by atomic mass is 10.1. The van der Waals surface area contributed by atoms with Crippen LogP contribution < -0.4 is 0 Å². The van der Waals surface area contributed by atoms with Crippen LogP contribution in [0.5, 0.6) is 0 Å². The Labute approximate surface area is 107 Å². The number of diazo groups is 1. The van der Waals surface area contributed by atoms with Crippen LogP contribution in [0.4, 0.5) is 0 Å². The van der Waals surface area contributed by atoms with Crippen LogP contribution in [-0.2, 0) is 9.53 Å². The second-order valence-electron chi connectivity index (χ2n) is 5.42. The third-order valence-corrected chi connectivity index (χ3v) is 3.67. The van der Waals surface area contributed by atoms with Crippen LogP contribution in [0, 0.1) is 5.39 Å². The first kappa shape index (κ1) is 13.0. The average molecular weight is 250 g/mol. The lowest BCUT2D eigenvalue weighted by Crippen LogP contribution is -2.48. The van der Waals surface area contributed by atoms with Gasteiger partial charge in [-0.1, -0.05) is 11.6 Å². The predicted molar refractivity (Wildman–Crippen MR) is 67.2 cm³/mol. The molecule has 2 rings (SSSR count). The zero-order valence-corrected chi connectivity index (χ0v) is 11.1. The van der Waals surface area contributed by atoms with Crippen molar-refractivity contribution >= 4 is 5.91 Å². The molecule has 1 aliphatic heterocycles. The van der Waals surface area contributed by atoms with E-state index in [4.69, 9.17) is 10.1 Å². The highest BCUT2D eigenvalue weighted by Crippen LogP contribution is 2.31. The molecule has 1 aliphatic carbocycles. The fourth-order valence-corrected chi connectivity index (χ4v) is 2.85. The summed E-state index contributed by atoms with van der Waals surface area (Å²) in [6.45, 7) is 4.06. The Morgan fingerprint density at radius 2 is 2.22 bits per heavy atom. The Hall–Kier alpha value is -1.41. The Bertz CT molecular complexity index is 401. The lowest BCUT2D eigenvalue weighted by molar-refractivity contribution is -0.143. The van der Waals surface area contributed by atoms with Gasteiger partial charge in [0.1, 0.15) is 10.7 Å². The van der Waals surface area contributed by atoms with Crippen molar-refractivity contribution < 1.29 is 9.53 Å². The molecule has 2 aliphatic rings. The zero-order valence-electron chi connectivity index (χ0n) is 11.1. The minimum atomic E-state index is -0.623. The van der Waals surface area contributed by atoms with E-state index in [0.717, 1.165) is 12.8 Å². The smallest absolute Gasteiger partial charge is 0.354 e. The van der Waals surface area contributed by atoms with Crippen molar-refractivity contribution in [1.82, 2.24) is 4.90 Å². The van der Waals surface area contributed by atoms with Gasteiger partial charge in [-0.2, -0.15) is 0 Å². The van der Waals surface area contributed by atoms with Gasteiger partial charge in [-0.05, 0) is 39.5 Å². The number of allylic oxidation sites excluding steroid dienone is 1. The SMILES string of the molecule is CC1(C)OC[C@H](C=C2CCCC2)N1C(=O)C[N+]#N. The van der Waals surface area contributed by atoms with E-state index in [-0.39, 0.29) is 18.5 Å². The van der Waals surface area contributed by atoms with Crippen molar-refractivity contribution in [1.29, 1.82) is 5.39 Å². The quantitative estimate of drug-likeness (QED) is 0.558. The van der Waals surface area contributed by atoms with E-state index in [1.165, 1.54) is 18.4 Å². The fourth-order valence-electron chi connectivity index (χ4n) is 2.85. The number of rotatable bonds is 2. The first-order chi connectivity index (χ1) is 8.54. The van der Waals surface area contributed by atoms with Gasteiger partial charge in [-0.15, -0.1) is 0 Å². The Morgan fingerprint density at radius 3 is 2.83 bits per heavy atom. The first-order valence-electron chi connectivity index (χ1n) is 6.51. The van der Waals surface area contributed by atoms with Crippen molar-refractivity contribution in [2.24, 2.45) is 0 Å². The second kappa shape index (κ2) is 5.07. The van der Waals surface area contributed by atoms with Gasteiger partial charge < -0.3 is 4.74 Å². The summed E-state index contributed by atoms with van der Waals surface area (Å²) in [6, 6.07) is -0.0256. The van der Waals surface area contributed by atoms with Crippen molar-refractivity contribution in [2.75, 3.05) is 13.2 Å². The molecule has 0 N–H and O–H groups in total. The zero-order chi connectivity index (χ0) is 13.2. The summed E-state index contributed by atoms with van der Waals surface area (Å²) in [5.74, 6) is -0.195.